The molecule has 0 saturated heterocycles. The van der Waals surface area contributed by atoms with E-state index in [0.29, 0.717) is 5.69 Å². The van der Waals surface area contributed by atoms with E-state index in [2.05, 4.69) is 20.3 Å². The molecule has 0 radical (unpaired) electrons. The van der Waals surface area contributed by atoms with Gasteiger partial charge in [-0.25, -0.2) is 23.7 Å². The molecular formula is C23H21F5N6O. The lowest BCUT2D eigenvalue weighted by atomic mass is 10.2. The fourth-order valence-corrected chi connectivity index (χ4v) is 3.16. The fraction of sp³-hybridized carbons (Fsp3) is 0.217. The molecule has 184 valence electrons. The lowest BCUT2D eigenvalue weighted by Crippen LogP contribution is -2.18. The van der Waals surface area contributed by atoms with E-state index in [1.807, 2.05) is 13.8 Å². The van der Waals surface area contributed by atoms with Gasteiger partial charge in [-0.3, -0.25) is 9.36 Å². The van der Waals surface area contributed by atoms with E-state index in [-0.39, 0.29) is 22.7 Å². The number of aromatic nitrogens is 4. The van der Waals surface area contributed by atoms with Gasteiger partial charge in [-0.15, -0.1) is 0 Å². The van der Waals surface area contributed by atoms with Crippen LogP contribution in [0, 0.1) is 11.6 Å². The molecule has 12 heteroatoms. The second kappa shape index (κ2) is 10.0. The Bertz CT molecular complexity index is 1330. The minimum atomic E-state index is -4.78. The predicted octanol–water partition coefficient (Wildman–Crippen LogP) is 5.46. The first-order valence-corrected chi connectivity index (χ1v) is 10.4. The minimum absolute atomic E-state index is 0.0998. The molecule has 1 amide bonds. The van der Waals surface area contributed by atoms with E-state index in [0.717, 1.165) is 35.2 Å². The van der Waals surface area contributed by atoms with Crippen LogP contribution in [-0.2, 0) is 6.18 Å². The number of anilines is 2. The van der Waals surface area contributed by atoms with E-state index in [9.17, 15) is 26.7 Å². The SMILES string of the molecule is CC.CN(C)c1ccc2c(c1)nc(C(F)(F)F)n2-c1cnc(NC(=O)c2c(F)cccc2F)cn1. The Labute approximate surface area is 197 Å². The van der Waals surface area contributed by atoms with Crippen molar-refractivity contribution in [1.82, 2.24) is 19.5 Å². The van der Waals surface area contributed by atoms with Gasteiger partial charge in [-0.05, 0) is 30.3 Å². The van der Waals surface area contributed by atoms with Crippen LogP contribution in [0.5, 0.6) is 0 Å². The molecule has 0 aliphatic rings. The molecule has 4 rings (SSSR count). The Morgan fingerprint density at radius 3 is 2.20 bits per heavy atom. The van der Waals surface area contributed by atoms with Crippen LogP contribution in [0.3, 0.4) is 0 Å². The molecule has 0 aliphatic carbocycles. The van der Waals surface area contributed by atoms with Gasteiger partial charge < -0.3 is 10.2 Å². The Morgan fingerprint density at radius 2 is 1.66 bits per heavy atom. The summed E-state index contributed by atoms with van der Waals surface area (Å²) in [5.74, 6) is -4.89. The van der Waals surface area contributed by atoms with Crippen LogP contribution in [-0.4, -0.2) is 39.5 Å². The fourth-order valence-electron chi connectivity index (χ4n) is 3.16. The van der Waals surface area contributed by atoms with Crippen LogP contribution in [0.2, 0.25) is 0 Å². The highest BCUT2D eigenvalue weighted by molar-refractivity contribution is 6.04. The molecule has 0 atom stereocenters. The number of halogens is 5. The zero-order valence-corrected chi connectivity index (χ0v) is 19.2. The molecule has 2 aromatic carbocycles. The number of amides is 1. The summed E-state index contributed by atoms with van der Waals surface area (Å²) >= 11 is 0. The van der Waals surface area contributed by atoms with Crippen molar-refractivity contribution in [2.24, 2.45) is 0 Å². The van der Waals surface area contributed by atoms with Crippen molar-refractivity contribution >= 4 is 28.4 Å². The number of nitrogens with one attached hydrogen (secondary N) is 1. The molecule has 0 aliphatic heterocycles. The lowest BCUT2D eigenvalue weighted by Gasteiger charge is -2.13. The van der Waals surface area contributed by atoms with Crippen molar-refractivity contribution in [1.29, 1.82) is 0 Å². The highest BCUT2D eigenvalue weighted by Gasteiger charge is 2.38. The van der Waals surface area contributed by atoms with Gasteiger partial charge in [-0.2, -0.15) is 13.2 Å². The molecule has 2 heterocycles. The zero-order valence-electron chi connectivity index (χ0n) is 19.2. The van der Waals surface area contributed by atoms with Crippen LogP contribution in [0.15, 0.2) is 48.8 Å². The quantitative estimate of drug-likeness (QED) is 0.383. The minimum Gasteiger partial charge on any atom is -0.378 e. The third kappa shape index (κ3) is 5.20. The Kier molecular flexibility index (Phi) is 7.32. The van der Waals surface area contributed by atoms with Crippen molar-refractivity contribution in [2.75, 3.05) is 24.3 Å². The second-order valence-electron chi connectivity index (χ2n) is 7.15. The summed E-state index contributed by atoms with van der Waals surface area (Å²) in [4.78, 5) is 25.5. The maximum Gasteiger partial charge on any atom is 0.450 e. The van der Waals surface area contributed by atoms with E-state index in [1.54, 1.807) is 25.1 Å². The number of rotatable bonds is 4. The highest BCUT2D eigenvalue weighted by Crippen LogP contribution is 2.34. The summed E-state index contributed by atoms with van der Waals surface area (Å²) in [6.45, 7) is 4.00. The molecule has 7 nitrogen and oxygen atoms in total. The first kappa shape index (κ1) is 25.5. The normalized spacial score (nSPS) is 11.1. The number of hydrogen-bond acceptors (Lipinski definition) is 5. The monoisotopic (exact) mass is 492 g/mol. The molecule has 0 saturated carbocycles. The maximum absolute atomic E-state index is 13.8. The third-order valence-corrected chi connectivity index (χ3v) is 4.71. The smallest absolute Gasteiger partial charge is 0.378 e. The maximum atomic E-state index is 13.8. The van der Waals surface area contributed by atoms with Gasteiger partial charge in [0, 0.05) is 19.8 Å². The Hall–Kier alpha value is -4.09. The number of hydrogen-bond donors (Lipinski definition) is 1. The third-order valence-electron chi connectivity index (χ3n) is 4.71. The largest absolute Gasteiger partial charge is 0.450 e. The number of nitrogens with zero attached hydrogens (tertiary/aromatic N) is 5. The lowest BCUT2D eigenvalue weighted by molar-refractivity contribution is -0.145. The van der Waals surface area contributed by atoms with E-state index < -0.39 is 35.1 Å². The van der Waals surface area contributed by atoms with Crippen molar-refractivity contribution in [2.45, 2.75) is 20.0 Å². The zero-order chi connectivity index (χ0) is 25.9. The molecule has 0 fully saturated rings. The number of imidazole rings is 1. The van der Waals surface area contributed by atoms with E-state index in [1.165, 1.54) is 12.1 Å². The van der Waals surface area contributed by atoms with Crippen molar-refractivity contribution in [3.8, 4) is 5.82 Å². The van der Waals surface area contributed by atoms with Crippen LogP contribution >= 0.6 is 0 Å². The molecule has 2 aromatic heterocycles. The number of carbonyl (C=O) groups is 1. The van der Waals surface area contributed by atoms with Crippen LogP contribution in [0.25, 0.3) is 16.9 Å². The van der Waals surface area contributed by atoms with E-state index in [4.69, 9.17) is 0 Å². The van der Waals surface area contributed by atoms with E-state index >= 15 is 0 Å². The number of alkyl halides is 3. The first-order chi connectivity index (χ1) is 16.6. The average Bonchev–Trinajstić information content (AvgIpc) is 3.20. The van der Waals surface area contributed by atoms with Crippen LogP contribution in [0.4, 0.5) is 33.5 Å². The van der Waals surface area contributed by atoms with Gasteiger partial charge in [0.1, 0.15) is 17.2 Å². The summed E-state index contributed by atoms with van der Waals surface area (Å²) in [6.07, 6.45) is -2.82. The second-order valence-corrected chi connectivity index (χ2v) is 7.15. The summed E-state index contributed by atoms with van der Waals surface area (Å²) in [6, 6.07) is 7.54. The highest BCUT2D eigenvalue weighted by atomic mass is 19.4. The summed E-state index contributed by atoms with van der Waals surface area (Å²) < 4.78 is 69.4. The average molecular weight is 492 g/mol. The van der Waals surface area contributed by atoms with Gasteiger partial charge in [0.05, 0.1) is 23.4 Å². The van der Waals surface area contributed by atoms with Crippen molar-refractivity contribution in [3.63, 3.8) is 0 Å². The molecule has 0 unspecified atom stereocenters. The molecule has 35 heavy (non-hydrogen) atoms. The predicted molar refractivity (Wildman–Crippen MR) is 122 cm³/mol. The van der Waals surface area contributed by atoms with Gasteiger partial charge >= 0.3 is 6.18 Å². The Morgan fingerprint density at radius 1 is 1.00 bits per heavy atom. The van der Waals surface area contributed by atoms with Gasteiger partial charge in [0.15, 0.2) is 11.6 Å². The molecular weight excluding hydrogens is 471 g/mol. The molecule has 1 N–H and O–H groups in total. The van der Waals surface area contributed by atoms with Crippen molar-refractivity contribution in [3.05, 3.63) is 71.8 Å². The van der Waals surface area contributed by atoms with Crippen LogP contribution < -0.4 is 10.2 Å². The molecule has 0 spiro atoms. The number of benzene rings is 2. The number of carbonyl (C=O) groups excluding carboxylic acids is 1. The summed E-state index contributed by atoms with van der Waals surface area (Å²) in [5, 5.41) is 2.17. The van der Waals surface area contributed by atoms with Crippen LogP contribution in [0.1, 0.15) is 30.0 Å². The standard InChI is InChI=1S/C21H15F5N6O.C2H6/c1-31(2)11-6-7-15-14(8-11)29-20(21(24,25)26)32(15)17-10-27-16(9-28-17)30-19(33)18-12(22)4-3-5-13(18)23;1-2/h3-10H,1-2H3,(H,27,30,33);1-2H3. The molecule has 0 bridgehead atoms. The van der Waals surface area contributed by atoms with Gasteiger partial charge in [-0.1, -0.05) is 19.9 Å². The molecule has 4 aromatic rings. The topological polar surface area (TPSA) is 75.9 Å². The van der Waals surface area contributed by atoms with Gasteiger partial charge in [0.2, 0.25) is 5.82 Å². The first-order valence-electron chi connectivity index (χ1n) is 10.4. The summed E-state index contributed by atoms with van der Waals surface area (Å²) in [5.41, 5.74) is 0.0839. The number of fused-ring (bicyclic) bond motifs is 1. The van der Waals surface area contributed by atoms with Crippen molar-refractivity contribution < 1.29 is 26.7 Å². The summed E-state index contributed by atoms with van der Waals surface area (Å²) in [7, 11) is 3.49. The Balaban J connectivity index is 0.00000167. The van der Waals surface area contributed by atoms with Gasteiger partial charge in [0.25, 0.3) is 5.91 Å².